The SMILES string of the molecule is O=C(NC(C(=O)Nc1ccc2oc(=O)[nH]c2c1)c1ccccc1)c1ccccc1. The van der Waals surface area contributed by atoms with Crippen LogP contribution in [0.4, 0.5) is 5.69 Å². The Hall–Kier alpha value is -4.13. The van der Waals surface area contributed by atoms with E-state index in [4.69, 9.17) is 4.42 Å². The van der Waals surface area contributed by atoms with Gasteiger partial charge in [-0.2, -0.15) is 0 Å². The molecule has 2 amide bonds. The molecule has 7 nitrogen and oxygen atoms in total. The number of aromatic amines is 1. The molecule has 29 heavy (non-hydrogen) atoms. The van der Waals surface area contributed by atoms with Gasteiger partial charge in [-0.3, -0.25) is 14.6 Å². The molecule has 7 heteroatoms. The lowest BCUT2D eigenvalue weighted by atomic mass is 10.1. The highest BCUT2D eigenvalue weighted by atomic mass is 16.4. The Kier molecular flexibility index (Phi) is 4.94. The molecule has 1 aromatic heterocycles. The van der Waals surface area contributed by atoms with Gasteiger partial charge in [0.25, 0.3) is 11.8 Å². The lowest BCUT2D eigenvalue weighted by Crippen LogP contribution is -2.37. The van der Waals surface area contributed by atoms with Crippen LogP contribution in [-0.2, 0) is 4.79 Å². The van der Waals surface area contributed by atoms with E-state index in [0.717, 1.165) is 0 Å². The average Bonchev–Trinajstić information content (AvgIpc) is 3.12. The van der Waals surface area contributed by atoms with Crippen molar-refractivity contribution in [3.8, 4) is 0 Å². The fraction of sp³-hybridized carbons (Fsp3) is 0.0455. The number of benzene rings is 3. The van der Waals surface area contributed by atoms with E-state index >= 15 is 0 Å². The minimum absolute atomic E-state index is 0.357. The van der Waals surface area contributed by atoms with Crippen LogP contribution in [0.2, 0.25) is 0 Å². The fourth-order valence-corrected chi connectivity index (χ4v) is 2.99. The largest absolute Gasteiger partial charge is 0.417 e. The second-order valence-corrected chi connectivity index (χ2v) is 6.40. The normalized spacial score (nSPS) is 11.7. The summed E-state index contributed by atoms with van der Waals surface area (Å²) in [6.07, 6.45) is 0. The summed E-state index contributed by atoms with van der Waals surface area (Å²) in [6, 6.07) is 21.6. The average molecular weight is 387 g/mol. The first-order valence-electron chi connectivity index (χ1n) is 8.95. The molecule has 4 aromatic rings. The number of carbonyl (C=O) groups excluding carboxylic acids is 2. The van der Waals surface area contributed by atoms with Crippen LogP contribution in [0, 0.1) is 0 Å². The molecule has 0 aliphatic rings. The summed E-state index contributed by atoms with van der Waals surface area (Å²) in [5.74, 6) is -1.34. The van der Waals surface area contributed by atoms with Gasteiger partial charge in [0.05, 0.1) is 5.52 Å². The molecule has 0 saturated heterocycles. The van der Waals surface area contributed by atoms with Crippen molar-refractivity contribution >= 4 is 28.6 Å². The molecule has 3 aromatic carbocycles. The van der Waals surface area contributed by atoms with Crippen LogP contribution in [0.15, 0.2) is 88.1 Å². The third kappa shape index (κ3) is 4.08. The van der Waals surface area contributed by atoms with Crippen LogP contribution >= 0.6 is 0 Å². The molecule has 0 fully saturated rings. The monoisotopic (exact) mass is 387 g/mol. The second-order valence-electron chi connectivity index (χ2n) is 6.40. The van der Waals surface area contributed by atoms with E-state index in [9.17, 15) is 14.4 Å². The molecular formula is C22H17N3O4. The van der Waals surface area contributed by atoms with Gasteiger partial charge in [0.2, 0.25) is 0 Å². The molecule has 1 atom stereocenters. The zero-order valence-corrected chi connectivity index (χ0v) is 15.2. The number of fused-ring (bicyclic) bond motifs is 1. The number of carbonyl (C=O) groups is 2. The first-order valence-corrected chi connectivity index (χ1v) is 8.95. The summed E-state index contributed by atoms with van der Waals surface area (Å²) in [5, 5.41) is 5.56. The molecule has 0 radical (unpaired) electrons. The lowest BCUT2D eigenvalue weighted by Gasteiger charge is -2.19. The second kappa shape index (κ2) is 7.85. The maximum Gasteiger partial charge on any atom is 0.417 e. The summed E-state index contributed by atoms with van der Waals surface area (Å²) in [7, 11) is 0. The third-order valence-electron chi connectivity index (χ3n) is 4.39. The molecule has 0 aliphatic carbocycles. The lowest BCUT2D eigenvalue weighted by molar-refractivity contribution is -0.118. The molecular weight excluding hydrogens is 370 g/mol. The van der Waals surface area contributed by atoms with Crippen LogP contribution in [0.25, 0.3) is 11.1 Å². The number of nitrogens with one attached hydrogen (secondary N) is 3. The summed E-state index contributed by atoms with van der Waals surface area (Å²) in [5.41, 5.74) is 2.43. The highest BCUT2D eigenvalue weighted by molar-refractivity contribution is 6.02. The van der Waals surface area contributed by atoms with Gasteiger partial charge < -0.3 is 15.1 Å². The van der Waals surface area contributed by atoms with Crippen molar-refractivity contribution in [3.05, 3.63) is 101 Å². The number of hydrogen-bond donors (Lipinski definition) is 3. The van der Waals surface area contributed by atoms with Crippen LogP contribution < -0.4 is 16.4 Å². The molecule has 1 heterocycles. The topological polar surface area (TPSA) is 104 Å². The fourth-order valence-electron chi connectivity index (χ4n) is 2.99. The highest BCUT2D eigenvalue weighted by Crippen LogP contribution is 2.20. The van der Waals surface area contributed by atoms with Gasteiger partial charge in [0, 0.05) is 11.3 Å². The van der Waals surface area contributed by atoms with Crippen LogP contribution in [0.3, 0.4) is 0 Å². The maximum absolute atomic E-state index is 13.0. The summed E-state index contributed by atoms with van der Waals surface area (Å²) in [4.78, 5) is 39.5. The summed E-state index contributed by atoms with van der Waals surface area (Å²) < 4.78 is 4.97. The minimum atomic E-state index is -0.900. The Morgan fingerprint density at radius 2 is 1.59 bits per heavy atom. The van der Waals surface area contributed by atoms with Crippen molar-refractivity contribution in [1.82, 2.24) is 10.3 Å². The Bertz CT molecular complexity index is 1210. The highest BCUT2D eigenvalue weighted by Gasteiger charge is 2.23. The molecule has 0 bridgehead atoms. The quantitative estimate of drug-likeness (QED) is 0.489. The first-order chi connectivity index (χ1) is 14.1. The number of anilines is 1. The molecule has 0 spiro atoms. The van der Waals surface area contributed by atoms with E-state index in [1.165, 1.54) is 0 Å². The minimum Gasteiger partial charge on any atom is -0.408 e. The molecule has 0 aliphatic heterocycles. The van der Waals surface area contributed by atoms with Crippen LogP contribution in [0.1, 0.15) is 22.0 Å². The van der Waals surface area contributed by atoms with Crippen LogP contribution in [-0.4, -0.2) is 16.8 Å². The zero-order chi connectivity index (χ0) is 20.2. The van der Waals surface area contributed by atoms with Gasteiger partial charge in [-0.1, -0.05) is 48.5 Å². The zero-order valence-electron chi connectivity index (χ0n) is 15.2. The van der Waals surface area contributed by atoms with Gasteiger partial charge in [-0.25, -0.2) is 4.79 Å². The molecule has 3 N–H and O–H groups in total. The Balaban J connectivity index is 1.60. The molecule has 144 valence electrons. The van der Waals surface area contributed by atoms with Crippen molar-refractivity contribution < 1.29 is 14.0 Å². The van der Waals surface area contributed by atoms with Gasteiger partial charge in [-0.05, 0) is 35.9 Å². The van der Waals surface area contributed by atoms with E-state index in [1.54, 1.807) is 66.7 Å². The maximum atomic E-state index is 13.0. The number of H-pyrrole nitrogens is 1. The molecule has 1 unspecified atom stereocenters. The van der Waals surface area contributed by atoms with E-state index in [1.807, 2.05) is 12.1 Å². The van der Waals surface area contributed by atoms with Gasteiger partial charge in [-0.15, -0.1) is 0 Å². The Labute approximate surface area is 165 Å². The van der Waals surface area contributed by atoms with Gasteiger partial charge >= 0.3 is 5.76 Å². The number of rotatable bonds is 5. The van der Waals surface area contributed by atoms with Crippen molar-refractivity contribution in [1.29, 1.82) is 0 Å². The van der Waals surface area contributed by atoms with E-state index in [0.29, 0.717) is 27.9 Å². The first kappa shape index (κ1) is 18.2. The Morgan fingerprint density at radius 3 is 2.31 bits per heavy atom. The van der Waals surface area contributed by atoms with Crippen molar-refractivity contribution in [2.75, 3.05) is 5.32 Å². The predicted octanol–water partition coefficient (Wildman–Crippen LogP) is 3.23. The number of oxazole rings is 1. The summed E-state index contributed by atoms with van der Waals surface area (Å²) in [6.45, 7) is 0. The van der Waals surface area contributed by atoms with E-state index in [-0.39, 0.29) is 5.91 Å². The van der Waals surface area contributed by atoms with E-state index in [2.05, 4.69) is 15.6 Å². The molecule has 4 rings (SSSR count). The predicted molar refractivity (Wildman–Crippen MR) is 109 cm³/mol. The van der Waals surface area contributed by atoms with Crippen molar-refractivity contribution in [2.45, 2.75) is 6.04 Å². The number of aromatic nitrogens is 1. The van der Waals surface area contributed by atoms with Gasteiger partial charge in [0.1, 0.15) is 6.04 Å². The summed E-state index contributed by atoms with van der Waals surface area (Å²) >= 11 is 0. The third-order valence-corrected chi connectivity index (χ3v) is 4.39. The number of hydrogen-bond acceptors (Lipinski definition) is 4. The van der Waals surface area contributed by atoms with Crippen molar-refractivity contribution in [3.63, 3.8) is 0 Å². The molecule has 0 saturated carbocycles. The number of amides is 2. The van der Waals surface area contributed by atoms with Crippen molar-refractivity contribution in [2.24, 2.45) is 0 Å². The standard InChI is InChI=1S/C22H17N3O4/c26-20(15-9-5-2-6-10-15)25-19(14-7-3-1-4-8-14)21(27)23-16-11-12-18-17(13-16)24-22(28)29-18/h1-13,19H,(H,23,27)(H,24,28)(H,25,26). The smallest absolute Gasteiger partial charge is 0.408 e. The Morgan fingerprint density at radius 1 is 0.897 bits per heavy atom. The van der Waals surface area contributed by atoms with Gasteiger partial charge in [0.15, 0.2) is 5.58 Å². The van der Waals surface area contributed by atoms with Crippen LogP contribution in [0.5, 0.6) is 0 Å². The van der Waals surface area contributed by atoms with E-state index < -0.39 is 17.7 Å².